The average molecular weight is 352 g/mol. The molecular formula is C19H29O4P. The van der Waals surface area contributed by atoms with Gasteiger partial charge in [-0.25, -0.2) is 0 Å². The van der Waals surface area contributed by atoms with E-state index in [1.54, 1.807) is 9.12 Å². The molecule has 1 atom stereocenters. The summed E-state index contributed by atoms with van der Waals surface area (Å²) < 4.78 is 8.06. The zero-order chi connectivity index (χ0) is 18.7. The van der Waals surface area contributed by atoms with Crippen LogP contribution in [0.1, 0.15) is 72.5 Å². The summed E-state index contributed by atoms with van der Waals surface area (Å²) in [6, 6.07) is 4.09. The van der Waals surface area contributed by atoms with E-state index < -0.39 is 5.97 Å². The Morgan fingerprint density at radius 1 is 1.04 bits per heavy atom. The molecule has 1 N–H and O–H groups in total. The van der Waals surface area contributed by atoms with E-state index >= 15 is 0 Å². The Labute approximate surface area is 147 Å². The molecule has 0 bridgehead atoms. The summed E-state index contributed by atoms with van der Waals surface area (Å²) >= 11 is 0. The van der Waals surface area contributed by atoms with Gasteiger partial charge in [0.1, 0.15) is 9.12 Å². The van der Waals surface area contributed by atoms with E-state index in [0.717, 1.165) is 42.4 Å². The van der Waals surface area contributed by atoms with E-state index in [1.807, 2.05) is 39.8 Å². The fourth-order valence-electron chi connectivity index (χ4n) is 3.16. The topological polar surface area (TPSA) is 71.4 Å². The Hall–Kier alpha value is -1.54. The molecule has 0 spiro atoms. The van der Waals surface area contributed by atoms with Crippen LogP contribution in [0.25, 0.3) is 0 Å². The highest BCUT2D eigenvalue weighted by atomic mass is 31.0. The number of benzene rings is 1. The van der Waals surface area contributed by atoms with Gasteiger partial charge in [-0.3, -0.25) is 14.2 Å². The molecule has 0 radical (unpaired) electrons. The molecular weight excluding hydrogens is 323 g/mol. The van der Waals surface area contributed by atoms with E-state index in [4.69, 9.17) is 9.67 Å². The van der Waals surface area contributed by atoms with Crippen molar-refractivity contribution in [1.29, 1.82) is 0 Å². The van der Waals surface area contributed by atoms with Gasteiger partial charge in [0.25, 0.3) is 0 Å². The summed E-state index contributed by atoms with van der Waals surface area (Å²) in [6.07, 6.45) is 4.34. The number of carboxylic acids is 1. The first-order valence-corrected chi connectivity index (χ1v) is 8.81. The second kappa shape index (κ2) is 11.9. The largest absolute Gasteiger partial charge is 0.481 e. The molecule has 0 aliphatic carbocycles. The highest BCUT2D eigenvalue weighted by Gasteiger charge is 2.17. The third-order valence-electron chi connectivity index (χ3n) is 4.15. The Kier molecular flexibility index (Phi) is 11.1. The summed E-state index contributed by atoms with van der Waals surface area (Å²) in [7, 11) is 1.72. The van der Waals surface area contributed by atoms with Gasteiger partial charge in [-0.1, -0.05) is 37.5 Å². The van der Waals surface area contributed by atoms with Crippen LogP contribution in [-0.4, -0.2) is 16.9 Å². The number of ketones is 1. The molecule has 0 fully saturated rings. The molecule has 0 aromatic heterocycles. The maximum absolute atomic E-state index is 12.4. The predicted octanol–water partition coefficient (Wildman–Crippen LogP) is 5.33. The number of carbonyl (C=O) groups is 2. The van der Waals surface area contributed by atoms with Gasteiger partial charge in [0.2, 0.25) is 0 Å². The summed E-state index contributed by atoms with van der Waals surface area (Å²) in [5, 5.41) is 9.12. The molecule has 0 saturated carbocycles. The van der Waals surface area contributed by atoms with Crippen LogP contribution in [0.5, 0.6) is 0 Å². The van der Waals surface area contributed by atoms with E-state index in [1.165, 1.54) is 5.56 Å². The number of aryl methyl sites for hydroxylation is 3. The van der Waals surface area contributed by atoms with Crippen LogP contribution in [0.3, 0.4) is 0 Å². The molecule has 0 saturated heterocycles. The van der Waals surface area contributed by atoms with Crippen molar-refractivity contribution in [2.45, 2.75) is 66.2 Å². The van der Waals surface area contributed by atoms with Gasteiger partial charge in [0.15, 0.2) is 5.78 Å². The molecule has 0 amide bonds. The van der Waals surface area contributed by atoms with Gasteiger partial charge in [0, 0.05) is 12.0 Å². The lowest BCUT2D eigenvalue weighted by molar-refractivity contribution is -0.142. The normalized spacial score (nSPS) is 11.3. The zero-order valence-electron chi connectivity index (χ0n) is 15.1. The van der Waals surface area contributed by atoms with Crippen molar-refractivity contribution < 1.29 is 19.3 Å². The van der Waals surface area contributed by atoms with E-state index in [-0.39, 0.29) is 11.7 Å². The van der Waals surface area contributed by atoms with Gasteiger partial charge in [-0.05, 0) is 51.2 Å². The van der Waals surface area contributed by atoms with Crippen LogP contribution >= 0.6 is 9.12 Å². The van der Waals surface area contributed by atoms with E-state index in [9.17, 15) is 9.59 Å². The zero-order valence-corrected chi connectivity index (χ0v) is 16.1. The molecule has 1 unspecified atom stereocenters. The fraction of sp³-hybridized carbons (Fsp3) is 0.579. The molecule has 24 heavy (non-hydrogen) atoms. The van der Waals surface area contributed by atoms with Crippen molar-refractivity contribution in [3.8, 4) is 0 Å². The molecule has 1 rings (SSSR count). The van der Waals surface area contributed by atoms with Gasteiger partial charge in [-0.2, -0.15) is 0 Å². The Morgan fingerprint density at radius 3 is 2.04 bits per heavy atom. The summed E-state index contributed by atoms with van der Waals surface area (Å²) in [5.74, 6) is -0.793. The second-order valence-corrected chi connectivity index (χ2v) is 6.27. The monoisotopic (exact) mass is 352 g/mol. The van der Waals surface area contributed by atoms with E-state index in [0.29, 0.717) is 12.8 Å². The van der Waals surface area contributed by atoms with Gasteiger partial charge in [-0.15, -0.1) is 0 Å². The highest BCUT2D eigenvalue weighted by Crippen LogP contribution is 2.21. The van der Waals surface area contributed by atoms with Crippen LogP contribution < -0.4 is 0 Å². The van der Waals surface area contributed by atoms with Gasteiger partial charge in [0.05, 0.1) is 5.92 Å². The SMILES string of the molecule is CCCC(CCCCC(=O)c1c(C)cc(C)cc1C)C(=O)O.O=P. The Balaban J connectivity index is 0.00000254. The number of hydrogen-bond donors (Lipinski definition) is 1. The van der Waals surface area contributed by atoms with Crippen LogP contribution in [-0.2, 0) is 9.36 Å². The molecule has 1 aromatic carbocycles. The van der Waals surface area contributed by atoms with Gasteiger partial charge >= 0.3 is 5.97 Å². The molecule has 5 heteroatoms. The van der Waals surface area contributed by atoms with Crippen molar-refractivity contribution >= 4 is 20.9 Å². The van der Waals surface area contributed by atoms with Crippen molar-refractivity contribution in [2.75, 3.05) is 0 Å². The van der Waals surface area contributed by atoms with Crippen LogP contribution in [0, 0.1) is 26.7 Å². The smallest absolute Gasteiger partial charge is 0.306 e. The lowest BCUT2D eigenvalue weighted by Gasteiger charge is -2.12. The highest BCUT2D eigenvalue weighted by molar-refractivity contribution is 7.00. The molecule has 134 valence electrons. The standard InChI is InChI=1S/C19H28O3.HOP/c1-5-8-16(19(21)22)9-6-7-10-17(20)18-14(3)11-13(2)12-15(18)4;1-2/h11-12,16H,5-10H2,1-4H3,(H,21,22);2H. The molecule has 4 nitrogen and oxygen atoms in total. The minimum atomic E-state index is -0.710. The fourth-order valence-corrected chi connectivity index (χ4v) is 3.16. The Bertz CT molecular complexity index is 531. The molecule has 0 heterocycles. The number of carbonyl (C=O) groups excluding carboxylic acids is 1. The lowest BCUT2D eigenvalue weighted by Crippen LogP contribution is -2.13. The number of unbranched alkanes of at least 4 members (excludes halogenated alkanes) is 1. The lowest BCUT2D eigenvalue weighted by atomic mass is 9.92. The van der Waals surface area contributed by atoms with Crippen LogP contribution in [0.4, 0.5) is 0 Å². The number of rotatable bonds is 9. The Morgan fingerprint density at radius 2 is 1.58 bits per heavy atom. The molecule has 0 aliphatic heterocycles. The first-order chi connectivity index (χ1) is 11.4. The van der Waals surface area contributed by atoms with Crippen molar-refractivity contribution in [2.24, 2.45) is 5.92 Å². The number of hydrogen-bond acceptors (Lipinski definition) is 3. The first kappa shape index (κ1) is 22.5. The van der Waals surface area contributed by atoms with Crippen molar-refractivity contribution in [3.63, 3.8) is 0 Å². The maximum Gasteiger partial charge on any atom is 0.306 e. The molecule has 1 aromatic rings. The third-order valence-corrected chi connectivity index (χ3v) is 4.15. The predicted molar refractivity (Wildman–Crippen MR) is 98.5 cm³/mol. The number of aliphatic carboxylic acids is 1. The van der Waals surface area contributed by atoms with Crippen LogP contribution in [0.2, 0.25) is 0 Å². The second-order valence-electron chi connectivity index (χ2n) is 6.27. The van der Waals surface area contributed by atoms with Crippen molar-refractivity contribution in [3.05, 3.63) is 34.4 Å². The third kappa shape index (κ3) is 7.35. The number of Topliss-reactive ketones (excluding diaryl/α,β-unsaturated/α-hetero) is 1. The average Bonchev–Trinajstić information content (AvgIpc) is 2.51. The summed E-state index contributed by atoms with van der Waals surface area (Å²) in [6.45, 7) is 8.00. The summed E-state index contributed by atoms with van der Waals surface area (Å²) in [5.41, 5.74) is 4.10. The first-order valence-electron chi connectivity index (χ1n) is 8.41. The number of carboxylic acid groups (broad SMARTS) is 1. The van der Waals surface area contributed by atoms with Crippen molar-refractivity contribution in [1.82, 2.24) is 0 Å². The quantitative estimate of drug-likeness (QED) is 0.370. The minimum Gasteiger partial charge on any atom is -0.481 e. The van der Waals surface area contributed by atoms with E-state index in [2.05, 4.69) is 0 Å². The van der Waals surface area contributed by atoms with Crippen LogP contribution in [0.15, 0.2) is 12.1 Å². The maximum atomic E-state index is 12.4. The van der Waals surface area contributed by atoms with Gasteiger partial charge < -0.3 is 5.11 Å². The summed E-state index contributed by atoms with van der Waals surface area (Å²) in [4.78, 5) is 23.5. The molecule has 0 aliphatic rings. The minimum absolute atomic E-state index is 0.178.